The first kappa shape index (κ1) is 20.9. The molecule has 5 heteroatoms. The van der Waals surface area contributed by atoms with E-state index in [-0.39, 0.29) is 17.9 Å². The topological polar surface area (TPSA) is 64.6 Å². The van der Waals surface area contributed by atoms with Gasteiger partial charge in [-0.15, -0.1) is 0 Å². The molecule has 0 bridgehead atoms. The van der Waals surface area contributed by atoms with Crippen molar-refractivity contribution < 1.29 is 19.1 Å². The van der Waals surface area contributed by atoms with Crippen LogP contribution in [0, 0.1) is 5.92 Å². The standard InChI is InChI=1S/C24H29NO4/c1-24(2,3)29-23(27)25-21(14-17-8-5-4-6-9-17)20-11-7-10-18(13-20)12-19-15-22(26)28-16-19/h4-11,13,19,21H,12,14-16H2,1-3H3,(H,25,27)/t19-,21+/m1/s1. The molecule has 1 fully saturated rings. The van der Waals surface area contributed by atoms with E-state index in [1.54, 1.807) is 0 Å². The number of benzene rings is 2. The maximum Gasteiger partial charge on any atom is 0.408 e. The predicted molar refractivity (Wildman–Crippen MR) is 111 cm³/mol. The highest BCUT2D eigenvalue weighted by molar-refractivity contribution is 5.71. The van der Waals surface area contributed by atoms with Gasteiger partial charge in [0.05, 0.1) is 19.1 Å². The van der Waals surface area contributed by atoms with Gasteiger partial charge in [0.1, 0.15) is 5.60 Å². The Morgan fingerprint density at radius 2 is 1.86 bits per heavy atom. The molecule has 2 atom stereocenters. The Bertz CT molecular complexity index is 841. The molecule has 1 aliphatic rings. The summed E-state index contributed by atoms with van der Waals surface area (Å²) in [6.07, 6.45) is 1.48. The Hall–Kier alpha value is -2.82. The summed E-state index contributed by atoms with van der Waals surface area (Å²) >= 11 is 0. The summed E-state index contributed by atoms with van der Waals surface area (Å²) in [4.78, 5) is 23.8. The molecule has 2 aromatic rings. The second-order valence-electron chi connectivity index (χ2n) is 8.59. The zero-order valence-electron chi connectivity index (χ0n) is 17.3. The molecule has 3 rings (SSSR count). The zero-order valence-corrected chi connectivity index (χ0v) is 17.3. The van der Waals surface area contributed by atoms with Gasteiger partial charge in [-0.1, -0.05) is 54.6 Å². The molecule has 2 aromatic carbocycles. The zero-order chi connectivity index (χ0) is 20.9. The lowest BCUT2D eigenvalue weighted by atomic mass is 9.93. The molecule has 154 valence electrons. The number of ether oxygens (including phenoxy) is 2. The second kappa shape index (κ2) is 9.12. The molecule has 29 heavy (non-hydrogen) atoms. The van der Waals surface area contributed by atoms with Crippen molar-refractivity contribution in [1.29, 1.82) is 0 Å². The fourth-order valence-corrected chi connectivity index (χ4v) is 3.52. The van der Waals surface area contributed by atoms with E-state index in [1.807, 2.05) is 51.1 Å². The Morgan fingerprint density at radius 3 is 2.52 bits per heavy atom. The van der Waals surface area contributed by atoms with Crippen molar-refractivity contribution in [1.82, 2.24) is 5.32 Å². The van der Waals surface area contributed by atoms with Crippen molar-refractivity contribution in [2.45, 2.75) is 51.7 Å². The minimum Gasteiger partial charge on any atom is -0.465 e. The first-order valence-corrected chi connectivity index (χ1v) is 10.1. The Labute approximate surface area is 172 Å². The van der Waals surface area contributed by atoms with Crippen LogP contribution in [0.4, 0.5) is 4.79 Å². The van der Waals surface area contributed by atoms with Gasteiger partial charge in [0.2, 0.25) is 0 Å². The Balaban J connectivity index is 1.78. The summed E-state index contributed by atoms with van der Waals surface area (Å²) in [5, 5.41) is 3.03. The number of hydrogen-bond donors (Lipinski definition) is 1. The molecule has 0 spiro atoms. The summed E-state index contributed by atoms with van der Waals surface area (Å²) in [5.74, 6) is 0.0869. The van der Waals surface area contributed by atoms with E-state index in [1.165, 1.54) is 0 Å². The van der Waals surface area contributed by atoms with Crippen LogP contribution in [0.15, 0.2) is 54.6 Å². The van der Waals surface area contributed by atoms with E-state index in [2.05, 4.69) is 29.6 Å². The fraction of sp³-hybridized carbons (Fsp3) is 0.417. The van der Waals surface area contributed by atoms with Gasteiger partial charge in [-0.05, 0) is 50.3 Å². The molecule has 1 amide bonds. The van der Waals surface area contributed by atoms with Crippen molar-refractivity contribution in [2.75, 3.05) is 6.61 Å². The third kappa shape index (κ3) is 6.63. The average molecular weight is 395 g/mol. The Kier molecular flexibility index (Phi) is 6.57. The fourth-order valence-electron chi connectivity index (χ4n) is 3.52. The quantitative estimate of drug-likeness (QED) is 0.726. The van der Waals surface area contributed by atoms with Crippen LogP contribution >= 0.6 is 0 Å². The van der Waals surface area contributed by atoms with E-state index in [4.69, 9.17) is 9.47 Å². The van der Waals surface area contributed by atoms with Gasteiger partial charge in [0.15, 0.2) is 0 Å². The smallest absolute Gasteiger partial charge is 0.408 e. The number of hydrogen-bond acceptors (Lipinski definition) is 4. The molecule has 5 nitrogen and oxygen atoms in total. The van der Waals surface area contributed by atoms with Crippen LogP contribution in [0.1, 0.15) is 49.9 Å². The van der Waals surface area contributed by atoms with Crippen LogP contribution in [0.25, 0.3) is 0 Å². The first-order valence-electron chi connectivity index (χ1n) is 10.1. The number of amides is 1. The third-order valence-corrected chi connectivity index (χ3v) is 4.79. The van der Waals surface area contributed by atoms with Gasteiger partial charge in [-0.2, -0.15) is 0 Å². The SMILES string of the molecule is CC(C)(C)OC(=O)N[C@@H](Cc1ccccc1)c1cccc(C[C@H]2COC(=O)C2)c1. The summed E-state index contributed by atoms with van der Waals surface area (Å²) in [5.41, 5.74) is 2.73. The van der Waals surface area contributed by atoms with Crippen LogP contribution in [-0.2, 0) is 27.1 Å². The van der Waals surface area contributed by atoms with Crippen molar-refractivity contribution in [3.63, 3.8) is 0 Å². The van der Waals surface area contributed by atoms with Gasteiger partial charge >= 0.3 is 12.1 Å². The largest absolute Gasteiger partial charge is 0.465 e. The van der Waals surface area contributed by atoms with Crippen molar-refractivity contribution in [3.05, 3.63) is 71.3 Å². The van der Waals surface area contributed by atoms with Crippen LogP contribution in [0.5, 0.6) is 0 Å². The highest BCUT2D eigenvalue weighted by Gasteiger charge is 2.25. The monoisotopic (exact) mass is 395 g/mol. The number of nitrogens with one attached hydrogen (secondary N) is 1. The van der Waals surface area contributed by atoms with E-state index >= 15 is 0 Å². The lowest BCUT2D eigenvalue weighted by Crippen LogP contribution is -2.35. The number of esters is 1. The van der Waals surface area contributed by atoms with Crippen LogP contribution in [0.3, 0.4) is 0 Å². The van der Waals surface area contributed by atoms with Crippen LogP contribution in [-0.4, -0.2) is 24.3 Å². The molecule has 0 radical (unpaired) electrons. The van der Waals surface area contributed by atoms with E-state index in [0.717, 1.165) is 23.1 Å². The number of carbonyl (C=O) groups is 2. The van der Waals surface area contributed by atoms with Crippen molar-refractivity contribution in [3.8, 4) is 0 Å². The molecule has 0 unspecified atom stereocenters. The summed E-state index contributed by atoms with van der Waals surface area (Å²) in [7, 11) is 0. The maximum absolute atomic E-state index is 12.4. The van der Waals surface area contributed by atoms with Crippen LogP contribution < -0.4 is 5.32 Å². The van der Waals surface area contributed by atoms with E-state index in [9.17, 15) is 9.59 Å². The molecule has 1 saturated heterocycles. The average Bonchev–Trinajstić information content (AvgIpc) is 3.05. The molecular formula is C24H29NO4. The second-order valence-corrected chi connectivity index (χ2v) is 8.59. The molecule has 1 N–H and O–H groups in total. The summed E-state index contributed by atoms with van der Waals surface area (Å²) in [6, 6.07) is 18.0. The lowest BCUT2D eigenvalue weighted by molar-refractivity contribution is -0.137. The minimum absolute atomic E-state index is 0.125. The molecule has 0 saturated carbocycles. The molecule has 1 aliphatic heterocycles. The summed E-state index contributed by atoms with van der Waals surface area (Å²) in [6.45, 7) is 6.03. The lowest BCUT2D eigenvalue weighted by Gasteiger charge is -2.24. The highest BCUT2D eigenvalue weighted by Crippen LogP contribution is 2.24. The number of alkyl carbamates (subject to hydrolysis) is 1. The van der Waals surface area contributed by atoms with Gasteiger partial charge in [-0.3, -0.25) is 4.79 Å². The normalized spacial score (nSPS) is 17.5. The summed E-state index contributed by atoms with van der Waals surface area (Å²) < 4.78 is 10.6. The highest BCUT2D eigenvalue weighted by atomic mass is 16.6. The molecule has 1 heterocycles. The molecule has 0 aromatic heterocycles. The van der Waals surface area contributed by atoms with E-state index in [0.29, 0.717) is 19.4 Å². The first-order chi connectivity index (χ1) is 13.8. The maximum atomic E-state index is 12.4. The number of carbonyl (C=O) groups excluding carboxylic acids is 2. The van der Waals surface area contributed by atoms with Gasteiger partial charge in [0.25, 0.3) is 0 Å². The predicted octanol–water partition coefficient (Wildman–Crippen LogP) is 4.60. The molecular weight excluding hydrogens is 366 g/mol. The third-order valence-electron chi connectivity index (χ3n) is 4.79. The molecule has 0 aliphatic carbocycles. The Morgan fingerprint density at radius 1 is 1.14 bits per heavy atom. The van der Waals surface area contributed by atoms with E-state index < -0.39 is 11.7 Å². The van der Waals surface area contributed by atoms with Crippen LogP contribution in [0.2, 0.25) is 0 Å². The van der Waals surface area contributed by atoms with Crippen molar-refractivity contribution in [2.24, 2.45) is 5.92 Å². The van der Waals surface area contributed by atoms with Crippen molar-refractivity contribution >= 4 is 12.1 Å². The van der Waals surface area contributed by atoms with Gasteiger partial charge < -0.3 is 14.8 Å². The van der Waals surface area contributed by atoms with Gasteiger partial charge in [0, 0.05) is 5.92 Å². The van der Waals surface area contributed by atoms with Gasteiger partial charge in [-0.25, -0.2) is 4.79 Å². The number of cyclic esters (lactones) is 1. The minimum atomic E-state index is -0.557. The number of rotatable bonds is 6.